The predicted octanol–water partition coefficient (Wildman–Crippen LogP) is 4.18. The largest absolute Gasteiger partial charge is 0.324 e. The molecular formula is C17H36N2. The summed E-state index contributed by atoms with van der Waals surface area (Å²) in [6.45, 7) is 14.0. The van der Waals surface area contributed by atoms with E-state index in [1.54, 1.807) is 0 Å². The zero-order chi connectivity index (χ0) is 14.5. The Balaban J connectivity index is 2.72. The van der Waals surface area contributed by atoms with E-state index in [-0.39, 0.29) is 5.54 Å². The summed E-state index contributed by atoms with van der Waals surface area (Å²) >= 11 is 0. The van der Waals surface area contributed by atoms with Crippen molar-refractivity contribution in [1.82, 2.24) is 4.90 Å². The average molecular weight is 268 g/mol. The van der Waals surface area contributed by atoms with Gasteiger partial charge in [-0.15, -0.1) is 0 Å². The molecule has 2 heteroatoms. The molecule has 1 aliphatic rings. The minimum Gasteiger partial charge on any atom is -0.324 e. The molecular weight excluding hydrogens is 232 g/mol. The third kappa shape index (κ3) is 5.83. The van der Waals surface area contributed by atoms with Crippen LogP contribution < -0.4 is 5.73 Å². The first-order valence-corrected chi connectivity index (χ1v) is 8.29. The van der Waals surface area contributed by atoms with E-state index < -0.39 is 0 Å². The van der Waals surface area contributed by atoms with Crippen LogP contribution in [0.3, 0.4) is 0 Å². The highest BCUT2D eigenvalue weighted by molar-refractivity contribution is 4.91. The summed E-state index contributed by atoms with van der Waals surface area (Å²) in [6.07, 6.45) is 9.13. The first-order valence-electron chi connectivity index (χ1n) is 8.29. The standard InChI is InChI=1S/C17H36N2/c1-6-7-8-11-15(16(2,3)4)19-13-10-9-12-17(5,18)14-19/h15H,6-14,18H2,1-5H3. The van der Waals surface area contributed by atoms with E-state index >= 15 is 0 Å². The molecule has 0 aromatic heterocycles. The van der Waals surface area contributed by atoms with Gasteiger partial charge < -0.3 is 5.73 Å². The van der Waals surface area contributed by atoms with Crippen molar-refractivity contribution in [2.75, 3.05) is 13.1 Å². The maximum Gasteiger partial charge on any atom is 0.0254 e. The number of hydrogen-bond donors (Lipinski definition) is 1. The van der Waals surface area contributed by atoms with Gasteiger partial charge in [0.1, 0.15) is 0 Å². The van der Waals surface area contributed by atoms with Crippen molar-refractivity contribution in [3.05, 3.63) is 0 Å². The highest BCUT2D eigenvalue weighted by Gasteiger charge is 2.34. The first kappa shape index (κ1) is 17.0. The van der Waals surface area contributed by atoms with Crippen LogP contribution in [-0.4, -0.2) is 29.6 Å². The zero-order valence-corrected chi connectivity index (χ0v) is 14.0. The Kier molecular flexibility index (Phi) is 6.32. The third-order valence-corrected chi connectivity index (χ3v) is 4.53. The summed E-state index contributed by atoms with van der Waals surface area (Å²) in [7, 11) is 0. The molecule has 114 valence electrons. The molecule has 0 bridgehead atoms. The van der Waals surface area contributed by atoms with Crippen LogP contribution in [-0.2, 0) is 0 Å². The van der Waals surface area contributed by atoms with Gasteiger partial charge in [-0.05, 0) is 38.1 Å². The van der Waals surface area contributed by atoms with Crippen molar-refractivity contribution in [1.29, 1.82) is 0 Å². The van der Waals surface area contributed by atoms with Crippen molar-refractivity contribution in [3.63, 3.8) is 0 Å². The molecule has 0 amide bonds. The molecule has 0 radical (unpaired) electrons. The van der Waals surface area contributed by atoms with Crippen LogP contribution in [0.2, 0.25) is 0 Å². The average Bonchev–Trinajstić information content (AvgIpc) is 2.43. The minimum atomic E-state index is 0.00472. The molecule has 2 unspecified atom stereocenters. The summed E-state index contributed by atoms with van der Waals surface area (Å²) in [5.74, 6) is 0. The van der Waals surface area contributed by atoms with Crippen molar-refractivity contribution in [2.45, 2.75) is 91.1 Å². The first-order chi connectivity index (χ1) is 8.76. The van der Waals surface area contributed by atoms with Crippen LogP contribution in [0.15, 0.2) is 0 Å². The monoisotopic (exact) mass is 268 g/mol. The molecule has 1 heterocycles. The van der Waals surface area contributed by atoms with Crippen LogP contribution in [0, 0.1) is 5.41 Å². The molecule has 1 aliphatic heterocycles. The maximum atomic E-state index is 6.46. The van der Waals surface area contributed by atoms with Crippen LogP contribution >= 0.6 is 0 Å². The van der Waals surface area contributed by atoms with E-state index in [2.05, 4.69) is 39.5 Å². The molecule has 0 aliphatic carbocycles. The Morgan fingerprint density at radius 1 is 1.21 bits per heavy atom. The van der Waals surface area contributed by atoms with Crippen LogP contribution in [0.4, 0.5) is 0 Å². The lowest BCUT2D eigenvalue weighted by molar-refractivity contribution is 0.0773. The van der Waals surface area contributed by atoms with Crippen molar-refractivity contribution >= 4 is 0 Å². The molecule has 2 nitrogen and oxygen atoms in total. The molecule has 1 saturated heterocycles. The Morgan fingerprint density at radius 2 is 1.89 bits per heavy atom. The van der Waals surface area contributed by atoms with E-state index in [9.17, 15) is 0 Å². The second-order valence-corrected chi connectivity index (χ2v) is 7.96. The lowest BCUT2D eigenvalue weighted by atomic mass is 9.82. The molecule has 0 aromatic rings. The SMILES string of the molecule is CCCCCC(N1CCCCC(C)(N)C1)C(C)(C)C. The second kappa shape index (κ2) is 7.08. The topological polar surface area (TPSA) is 29.3 Å². The molecule has 19 heavy (non-hydrogen) atoms. The van der Waals surface area contributed by atoms with Gasteiger partial charge in [0.15, 0.2) is 0 Å². The Hall–Kier alpha value is -0.0800. The quantitative estimate of drug-likeness (QED) is 0.758. The number of hydrogen-bond acceptors (Lipinski definition) is 2. The number of unbranched alkanes of at least 4 members (excludes halogenated alkanes) is 2. The van der Waals surface area contributed by atoms with Gasteiger partial charge in [-0.3, -0.25) is 4.90 Å². The number of nitrogens with zero attached hydrogens (tertiary/aromatic N) is 1. The fourth-order valence-corrected chi connectivity index (χ4v) is 3.48. The second-order valence-electron chi connectivity index (χ2n) is 7.96. The summed E-state index contributed by atoms with van der Waals surface area (Å²) in [5.41, 5.74) is 6.82. The van der Waals surface area contributed by atoms with Gasteiger partial charge >= 0.3 is 0 Å². The Bertz CT molecular complexity index is 252. The number of rotatable bonds is 5. The zero-order valence-electron chi connectivity index (χ0n) is 14.0. The molecule has 2 N–H and O–H groups in total. The lowest BCUT2D eigenvalue weighted by Crippen LogP contribution is -2.52. The summed E-state index contributed by atoms with van der Waals surface area (Å²) in [4.78, 5) is 2.70. The van der Waals surface area contributed by atoms with Crippen LogP contribution in [0.25, 0.3) is 0 Å². The van der Waals surface area contributed by atoms with E-state index in [1.807, 2.05) is 0 Å². The molecule has 2 atom stereocenters. The van der Waals surface area contributed by atoms with Crippen molar-refractivity contribution in [3.8, 4) is 0 Å². The normalized spacial score (nSPS) is 28.1. The molecule has 1 rings (SSSR count). The third-order valence-electron chi connectivity index (χ3n) is 4.53. The summed E-state index contributed by atoms with van der Waals surface area (Å²) in [6, 6.07) is 0.681. The maximum absolute atomic E-state index is 6.46. The van der Waals surface area contributed by atoms with Gasteiger partial charge in [0.2, 0.25) is 0 Å². The van der Waals surface area contributed by atoms with Gasteiger partial charge in [-0.25, -0.2) is 0 Å². The lowest BCUT2D eigenvalue weighted by Gasteiger charge is -2.42. The molecule has 0 spiro atoms. The van der Waals surface area contributed by atoms with Gasteiger partial charge in [0, 0.05) is 18.1 Å². The number of likely N-dealkylation sites (tertiary alicyclic amines) is 1. The predicted molar refractivity (Wildman–Crippen MR) is 85.4 cm³/mol. The number of nitrogens with two attached hydrogens (primary N) is 1. The van der Waals surface area contributed by atoms with Crippen molar-refractivity contribution < 1.29 is 0 Å². The van der Waals surface area contributed by atoms with Gasteiger partial charge in [-0.2, -0.15) is 0 Å². The smallest absolute Gasteiger partial charge is 0.0254 e. The highest BCUT2D eigenvalue weighted by atomic mass is 15.2. The van der Waals surface area contributed by atoms with Gasteiger partial charge in [0.25, 0.3) is 0 Å². The van der Waals surface area contributed by atoms with E-state index in [0.29, 0.717) is 11.5 Å². The van der Waals surface area contributed by atoms with Crippen LogP contribution in [0.1, 0.15) is 79.6 Å². The fraction of sp³-hybridized carbons (Fsp3) is 1.00. The van der Waals surface area contributed by atoms with Gasteiger partial charge in [-0.1, -0.05) is 53.4 Å². The summed E-state index contributed by atoms with van der Waals surface area (Å²) in [5, 5.41) is 0. The molecule has 0 saturated carbocycles. The summed E-state index contributed by atoms with van der Waals surface area (Å²) < 4.78 is 0. The highest BCUT2D eigenvalue weighted by Crippen LogP contribution is 2.31. The van der Waals surface area contributed by atoms with E-state index in [1.165, 1.54) is 51.5 Å². The van der Waals surface area contributed by atoms with E-state index in [4.69, 9.17) is 5.73 Å². The van der Waals surface area contributed by atoms with E-state index in [0.717, 1.165) is 6.54 Å². The Labute approximate surface area is 121 Å². The van der Waals surface area contributed by atoms with Crippen LogP contribution in [0.5, 0.6) is 0 Å². The van der Waals surface area contributed by atoms with Crippen molar-refractivity contribution in [2.24, 2.45) is 11.1 Å². The Morgan fingerprint density at radius 3 is 2.47 bits per heavy atom. The minimum absolute atomic E-state index is 0.00472. The fourth-order valence-electron chi connectivity index (χ4n) is 3.48. The molecule has 0 aromatic carbocycles. The molecule has 1 fully saturated rings. The van der Waals surface area contributed by atoms with Gasteiger partial charge in [0.05, 0.1) is 0 Å².